The summed E-state index contributed by atoms with van der Waals surface area (Å²) >= 11 is 7.40. The van der Waals surface area contributed by atoms with Crippen LogP contribution in [0.3, 0.4) is 0 Å². The topological polar surface area (TPSA) is 36.7 Å². The van der Waals surface area contributed by atoms with Crippen LogP contribution in [0.5, 0.6) is 0 Å². The lowest BCUT2D eigenvalue weighted by molar-refractivity contribution is 1.05. The molecule has 4 heteroatoms. The highest BCUT2D eigenvalue weighted by Crippen LogP contribution is 2.28. The summed E-state index contributed by atoms with van der Waals surface area (Å²) in [5, 5.41) is 11.6. The first-order chi connectivity index (χ1) is 7.31. The molecule has 0 bridgehead atoms. The lowest BCUT2D eigenvalue weighted by atomic mass is 10.0. The SMILES string of the molecule is N#CC(c1cncc(Cl)c1)c1cccs1. The third kappa shape index (κ3) is 2.17. The standard InChI is InChI=1S/C11H7ClN2S/c12-9-4-8(6-14-7-9)10(5-13)11-2-1-3-15-11/h1-4,6-7,10H. The van der Waals surface area contributed by atoms with Crippen LogP contribution in [0.25, 0.3) is 0 Å². The highest BCUT2D eigenvalue weighted by molar-refractivity contribution is 7.10. The van der Waals surface area contributed by atoms with E-state index < -0.39 is 0 Å². The van der Waals surface area contributed by atoms with Gasteiger partial charge in [0.15, 0.2) is 0 Å². The van der Waals surface area contributed by atoms with E-state index in [1.807, 2.05) is 17.5 Å². The van der Waals surface area contributed by atoms with Crippen molar-refractivity contribution < 1.29 is 0 Å². The Morgan fingerprint density at radius 3 is 2.93 bits per heavy atom. The summed E-state index contributed by atoms with van der Waals surface area (Å²) in [6.07, 6.45) is 3.24. The van der Waals surface area contributed by atoms with Gasteiger partial charge >= 0.3 is 0 Å². The number of hydrogen-bond donors (Lipinski definition) is 0. The van der Waals surface area contributed by atoms with Crippen LogP contribution in [0.1, 0.15) is 16.4 Å². The van der Waals surface area contributed by atoms with Gasteiger partial charge in [0.1, 0.15) is 5.92 Å². The molecule has 0 aliphatic heterocycles. The van der Waals surface area contributed by atoms with Crippen LogP contribution in [0.2, 0.25) is 5.02 Å². The number of pyridine rings is 1. The molecule has 1 unspecified atom stereocenters. The molecule has 15 heavy (non-hydrogen) atoms. The first-order valence-electron chi connectivity index (χ1n) is 4.34. The van der Waals surface area contributed by atoms with Gasteiger partial charge in [-0.3, -0.25) is 4.98 Å². The lowest BCUT2D eigenvalue weighted by Gasteiger charge is -2.06. The lowest BCUT2D eigenvalue weighted by Crippen LogP contribution is -1.96. The molecule has 2 nitrogen and oxygen atoms in total. The Morgan fingerprint density at radius 2 is 2.33 bits per heavy atom. The van der Waals surface area contributed by atoms with Crippen LogP contribution in [0, 0.1) is 11.3 Å². The molecule has 2 aromatic rings. The zero-order chi connectivity index (χ0) is 10.7. The van der Waals surface area contributed by atoms with E-state index in [4.69, 9.17) is 16.9 Å². The smallest absolute Gasteiger partial charge is 0.107 e. The average molecular weight is 235 g/mol. The van der Waals surface area contributed by atoms with E-state index in [9.17, 15) is 0 Å². The van der Waals surface area contributed by atoms with E-state index in [1.165, 1.54) is 0 Å². The van der Waals surface area contributed by atoms with E-state index in [2.05, 4.69) is 11.1 Å². The Balaban J connectivity index is 2.41. The van der Waals surface area contributed by atoms with E-state index in [1.54, 1.807) is 29.8 Å². The number of nitriles is 1. The zero-order valence-electron chi connectivity index (χ0n) is 7.72. The number of hydrogen-bond acceptors (Lipinski definition) is 3. The van der Waals surface area contributed by atoms with Gasteiger partial charge in [-0.2, -0.15) is 5.26 Å². The fraction of sp³-hybridized carbons (Fsp3) is 0.0909. The van der Waals surface area contributed by atoms with Crippen molar-refractivity contribution in [2.75, 3.05) is 0 Å². The van der Waals surface area contributed by atoms with Crippen LogP contribution >= 0.6 is 22.9 Å². The monoisotopic (exact) mass is 234 g/mol. The number of thiophene rings is 1. The summed E-state index contributed by atoms with van der Waals surface area (Å²) < 4.78 is 0. The first-order valence-corrected chi connectivity index (χ1v) is 5.60. The van der Waals surface area contributed by atoms with Crippen LogP contribution < -0.4 is 0 Å². The van der Waals surface area contributed by atoms with Crippen LogP contribution in [0.15, 0.2) is 36.0 Å². The molecule has 0 saturated heterocycles. The molecule has 0 N–H and O–H groups in total. The summed E-state index contributed by atoms with van der Waals surface area (Å²) in [5.74, 6) is -0.267. The van der Waals surface area contributed by atoms with Crippen LogP contribution in [-0.2, 0) is 0 Å². The minimum atomic E-state index is -0.267. The largest absolute Gasteiger partial charge is 0.263 e. The van der Waals surface area contributed by atoms with Crippen molar-refractivity contribution in [1.29, 1.82) is 5.26 Å². The maximum absolute atomic E-state index is 9.13. The zero-order valence-corrected chi connectivity index (χ0v) is 9.29. The maximum Gasteiger partial charge on any atom is 0.107 e. The molecule has 0 saturated carbocycles. The third-order valence-electron chi connectivity index (χ3n) is 2.02. The summed E-state index contributed by atoms with van der Waals surface area (Å²) in [6, 6.07) is 7.92. The predicted molar refractivity (Wildman–Crippen MR) is 61.0 cm³/mol. The van der Waals surface area contributed by atoms with Crippen molar-refractivity contribution in [2.45, 2.75) is 5.92 Å². The fourth-order valence-corrected chi connectivity index (χ4v) is 2.32. The molecule has 2 heterocycles. The Bertz CT molecular complexity index is 488. The van der Waals surface area contributed by atoms with Gasteiger partial charge in [0.2, 0.25) is 0 Å². The van der Waals surface area contributed by atoms with Crippen molar-refractivity contribution in [3.63, 3.8) is 0 Å². The van der Waals surface area contributed by atoms with Crippen molar-refractivity contribution in [3.8, 4) is 6.07 Å². The second-order valence-corrected chi connectivity index (χ2v) is 4.43. The summed E-state index contributed by atoms with van der Waals surface area (Å²) in [6.45, 7) is 0. The highest BCUT2D eigenvalue weighted by Gasteiger charge is 2.14. The molecule has 74 valence electrons. The van der Waals surface area contributed by atoms with Crippen molar-refractivity contribution in [2.24, 2.45) is 0 Å². The van der Waals surface area contributed by atoms with Gasteiger partial charge < -0.3 is 0 Å². The van der Waals surface area contributed by atoms with Crippen molar-refractivity contribution >= 4 is 22.9 Å². The molecule has 0 amide bonds. The molecule has 0 spiro atoms. The molecular formula is C11H7ClN2S. The van der Waals surface area contributed by atoms with E-state index in [0.717, 1.165) is 10.4 Å². The normalized spacial score (nSPS) is 12.0. The second-order valence-electron chi connectivity index (χ2n) is 3.01. The number of halogens is 1. The second kappa shape index (κ2) is 4.43. The molecule has 2 aromatic heterocycles. The molecule has 0 fully saturated rings. The predicted octanol–water partition coefficient (Wildman–Crippen LogP) is 3.45. The molecule has 0 radical (unpaired) electrons. The summed E-state index contributed by atoms with van der Waals surface area (Å²) in [4.78, 5) is 5.00. The van der Waals surface area contributed by atoms with Gasteiger partial charge in [-0.1, -0.05) is 17.7 Å². The van der Waals surface area contributed by atoms with E-state index in [0.29, 0.717) is 5.02 Å². The Kier molecular flexibility index (Phi) is 3.00. The summed E-state index contributed by atoms with van der Waals surface area (Å²) in [7, 11) is 0. The first kappa shape index (κ1) is 10.2. The van der Waals surface area contributed by atoms with Crippen molar-refractivity contribution in [3.05, 3.63) is 51.4 Å². The van der Waals surface area contributed by atoms with Gasteiger partial charge in [-0.25, -0.2) is 0 Å². The number of aromatic nitrogens is 1. The highest BCUT2D eigenvalue weighted by atomic mass is 35.5. The third-order valence-corrected chi connectivity index (χ3v) is 3.16. The van der Waals surface area contributed by atoms with Crippen LogP contribution in [-0.4, -0.2) is 4.98 Å². The fourth-order valence-electron chi connectivity index (χ4n) is 1.34. The van der Waals surface area contributed by atoms with E-state index >= 15 is 0 Å². The molecule has 2 rings (SSSR count). The Hall–Kier alpha value is -1.37. The molecule has 0 aliphatic rings. The van der Waals surface area contributed by atoms with Gasteiger partial charge in [0.05, 0.1) is 11.1 Å². The van der Waals surface area contributed by atoms with Crippen molar-refractivity contribution in [1.82, 2.24) is 4.98 Å². The Labute approximate surface area is 96.8 Å². The van der Waals surface area contributed by atoms with Gasteiger partial charge in [0.25, 0.3) is 0 Å². The van der Waals surface area contributed by atoms with Gasteiger partial charge in [0, 0.05) is 17.3 Å². The number of nitrogens with zero attached hydrogens (tertiary/aromatic N) is 2. The minimum Gasteiger partial charge on any atom is -0.263 e. The quantitative estimate of drug-likeness (QED) is 0.798. The minimum absolute atomic E-state index is 0.267. The molecule has 0 aromatic carbocycles. The molecule has 1 atom stereocenters. The van der Waals surface area contributed by atoms with E-state index in [-0.39, 0.29) is 5.92 Å². The van der Waals surface area contributed by atoms with Gasteiger partial charge in [-0.05, 0) is 23.1 Å². The molecule has 0 aliphatic carbocycles. The maximum atomic E-state index is 9.13. The summed E-state index contributed by atoms with van der Waals surface area (Å²) in [5.41, 5.74) is 0.840. The van der Waals surface area contributed by atoms with Crippen LogP contribution in [0.4, 0.5) is 0 Å². The average Bonchev–Trinajstić information content (AvgIpc) is 2.72. The van der Waals surface area contributed by atoms with Gasteiger partial charge in [-0.15, -0.1) is 11.3 Å². The number of rotatable bonds is 2. The Morgan fingerprint density at radius 1 is 1.47 bits per heavy atom. The molecular weight excluding hydrogens is 228 g/mol.